The van der Waals surface area contributed by atoms with Crippen LogP contribution in [-0.4, -0.2) is 6.54 Å². The van der Waals surface area contributed by atoms with Gasteiger partial charge in [0.25, 0.3) is 0 Å². The molecule has 19 heavy (non-hydrogen) atoms. The average molecular weight is 259 g/mol. The maximum absolute atomic E-state index is 6.00. The van der Waals surface area contributed by atoms with E-state index >= 15 is 0 Å². The second-order valence-electron chi connectivity index (χ2n) is 6.42. The SMILES string of the molecule is CCCC1CCC(CN)C(Cc2cccc(C)c2)C1. The molecule has 1 aromatic carbocycles. The van der Waals surface area contributed by atoms with Crippen LogP contribution in [0.4, 0.5) is 0 Å². The summed E-state index contributed by atoms with van der Waals surface area (Å²) in [5, 5.41) is 0. The first-order valence-corrected chi connectivity index (χ1v) is 7.98. The highest BCUT2D eigenvalue weighted by molar-refractivity contribution is 5.22. The van der Waals surface area contributed by atoms with Crippen LogP contribution in [0.15, 0.2) is 24.3 Å². The molecule has 0 aromatic heterocycles. The molecule has 1 saturated carbocycles. The van der Waals surface area contributed by atoms with Gasteiger partial charge in [-0.1, -0.05) is 56.0 Å². The Morgan fingerprint density at radius 1 is 1.21 bits per heavy atom. The topological polar surface area (TPSA) is 26.0 Å². The number of rotatable bonds is 5. The van der Waals surface area contributed by atoms with Gasteiger partial charge in [0.2, 0.25) is 0 Å². The largest absolute Gasteiger partial charge is 0.330 e. The quantitative estimate of drug-likeness (QED) is 0.837. The maximum Gasteiger partial charge on any atom is -0.00461 e. The normalized spacial score (nSPS) is 27.4. The Hall–Kier alpha value is -0.820. The van der Waals surface area contributed by atoms with Gasteiger partial charge in [-0.05, 0) is 56.0 Å². The van der Waals surface area contributed by atoms with Crippen molar-refractivity contribution < 1.29 is 0 Å². The molecule has 1 nitrogen and oxygen atoms in total. The van der Waals surface area contributed by atoms with Crippen molar-refractivity contribution in [3.8, 4) is 0 Å². The van der Waals surface area contributed by atoms with Gasteiger partial charge in [-0.2, -0.15) is 0 Å². The molecule has 3 atom stereocenters. The summed E-state index contributed by atoms with van der Waals surface area (Å²) < 4.78 is 0. The van der Waals surface area contributed by atoms with Gasteiger partial charge in [0.1, 0.15) is 0 Å². The minimum Gasteiger partial charge on any atom is -0.330 e. The van der Waals surface area contributed by atoms with E-state index in [1.165, 1.54) is 49.7 Å². The number of hydrogen-bond donors (Lipinski definition) is 1. The highest BCUT2D eigenvalue weighted by Gasteiger charge is 2.29. The molecule has 1 heteroatoms. The van der Waals surface area contributed by atoms with Gasteiger partial charge in [-0.3, -0.25) is 0 Å². The van der Waals surface area contributed by atoms with Crippen LogP contribution in [0.3, 0.4) is 0 Å². The number of benzene rings is 1. The molecule has 0 amide bonds. The van der Waals surface area contributed by atoms with Crippen LogP contribution < -0.4 is 5.73 Å². The Bertz CT molecular complexity index is 385. The van der Waals surface area contributed by atoms with Crippen LogP contribution in [0, 0.1) is 24.7 Å². The van der Waals surface area contributed by atoms with Crippen molar-refractivity contribution in [1.82, 2.24) is 0 Å². The molecule has 0 heterocycles. The summed E-state index contributed by atoms with van der Waals surface area (Å²) in [5.41, 5.74) is 8.87. The lowest BCUT2D eigenvalue weighted by Gasteiger charge is -2.36. The summed E-state index contributed by atoms with van der Waals surface area (Å²) in [6, 6.07) is 9.00. The molecule has 2 rings (SSSR count). The first-order chi connectivity index (χ1) is 9.22. The van der Waals surface area contributed by atoms with Gasteiger partial charge in [-0.25, -0.2) is 0 Å². The van der Waals surface area contributed by atoms with E-state index in [-0.39, 0.29) is 0 Å². The standard InChI is InChI=1S/C18H29N/c1-3-5-15-8-9-17(13-19)18(11-15)12-16-7-4-6-14(2)10-16/h4,6-7,10,15,17-18H,3,5,8-9,11-13,19H2,1-2H3. The molecule has 0 bridgehead atoms. The lowest BCUT2D eigenvalue weighted by atomic mass is 9.70. The second-order valence-corrected chi connectivity index (χ2v) is 6.42. The fourth-order valence-corrected chi connectivity index (χ4v) is 3.80. The molecular weight excluding hydrogens is 230 g/mol. The highest BCUT2D eigenvalue weighted by atomic mass is 14.6. The first-order valence-electron chi connectivity index (χ1n) is 7.98. The zero-order valence-corrected chi connectivity index (χ0v) is 12.6. The smallest absolute Gasteiger partial charge is 0.00461 e. The third-order valence-corrected chi connectivity index (χ3v) is 4.83. The summed E-state index contributed by atoms with van der Waals surface area (Å²) in [6.45, 7) is 5.37. The molecule has 106 valence electrons. The average Bonchev–Trinajstić information content (AvgIpc) is 2.39. The van der Waals surface area contributed by atoms with Crippen LogP contribution in [0.1, 0.15) is 50.2 Å². The van der Waals surface area contributed by atoms with Crippen molar-refractivity contribution in [2.75, 3.05) is 6.54 Å². The zero-order valence-electron chi connectivity index (χ0n) is 12.6. The van der Waals surface area contributed by atoms with Crippen molar-refractivity contribution in [3.63, 3.8) is 0 Å². The summed E-state index contributed by atoms with van der Waals surface area (Å²) in [6.07, 6.45) is 8.10. The van der Waals surface area contributed by atoms with E-state index in [1.54, 1.807) is 0 Å². The second kappa shape index (κ2) is 7.09. The Kier molecular flexibility index (Phi) is 5.45. The molecule has 3 unspecified atom stereocenters. The van der Waals surface area contributed by atoms with Crippen molar-refractivity contribution in [2.24, 2.45) is 23.5 Å². The minimum atomic E-state index is 0.744. The lowest BCUT2D eigenvalue weighted by Crippen LogP contribution is -2.31. The Labute approximate surface area is 118 Å². The fraction of sp³-hybridized carbons (Fsp3) is 0.667. The molecule has 0 aliphatic heterocycles. The third-order valence-electron chi connectivity index (χ3n) is 4.83. The van der Waals surface area contributed by atoms with E-state index in [9.17, 15) is 0 Å². The molecule has 1 aromatic rings. The molecule has 1 aliphatic rings. The van der Waals surface area contributed by atoms with Crippen LogP contribution >= 0.6 is 0 Å². The molecule has 0 saturated heterocycles. The van der Waals surface area contributed by atoms with E-state index < -0.39 is 0 Å². The van der Waals surface area contributed by atoms with E-state index in [0.29, 0.717) is 0 Å². The molecule has 1 fully saturated rings. The van der Waals surface area contributed by atoms with Crippen LogP contribution in [0.25, 0.3) is 0 Å². The van der Waals surface area contributed by atoms with Crippen molar-refractivity contribution in [1.29, 1.82) is 0 Å². The fourth-order valence-electron chi connectivity index (χ4n) is 3.80. The van der Waals surface area contributed by atoms with Crippen LogP contribution in [-0.2, 0) is 6.42 Å². The molecule has 2 N–H and O–H groups in total. The zero-order chi connectivity index (χ0) is 13.7. The van der Waals surface area contributed by atoms with Crippen LogP contribution in [0.2, 0.25) is 0 Å². The molecule has 0 radical (unpaired) electrons. The number of nitrogens with two attached hydrogens (primary N) is 1. The van der Waals surface area contributed by atoms with Gasteiger partial charge in [-0.15, -0.1) is 0 Å². The predicted molar refractivity (Wildman–Crippen MR) is 83.2 cm³/mol. The molecule has 0 spiro atoms. The van der Waals surface area contributed by atoms with Gasteiger partial charge in [0.15, 0.2) is 0 Å². The van der Waals surface area contributed by atoms with Crippen molar-refractivity contribution in [3.05, 3.63) is 35.4 Å². The Balaban J connectivity index is 2.01. The summed E-state index contributed by atoms with van der Waals surface area (Å²) in [4.78, 5) is 0. The van der Waals surface area contributed by atoms with Gasteiger partial charge in [0.05, 0.1) is 0 Å². The summed E-state index contributed by atoms with van der Waals surface area (Å²) in [7, 11) is 0. The van der Waals surface area contributed by atoms with E-state index in [4.69, 9.17) is 5.73 Å². The number of hydrogen-bond acceptors (Lipinski definition) is 1. The van der Waals surface area contributed by atoms with Crippen molar-refractivity contribution in [2.45, 2.75) is 52.4 Å². The molecular formula is C18H29N. The Morgan fingerprint density at radius 3 is 2.74 bits per heavy atom. The summed E-state index contributed by atoms with van der Waals surface area (Å²) in [5.74, 6) is 2.49. The van der Waals surface area contributed by atoms with E-state index in [1.807, 2.05) is 0 Å². The third kappa shape index (κ3) is 4.07. The Morgan fingerprint density at radius 2 is 2.05 bits per heavy atom. The molecule has 1 aliphatic carbocycles. The van der Waals surface area contributed by atoms with Gasteiger partial charge < -0.3 is 5.73 Å². The van der Waals surface area contributed by atoms with Crippen molar-refractivity contribution >= 4 is 0 Å². The summed E-state index contributed by atoms with van der Waals surface area (Å²) >= 11 is 0. The van der Waals surface area contributed by atoms with Crippen LogP contribution in [0.5, 0.6) is 0 Å². The lowest BCUT2D eigenvalue weighted by molar-refractivity contribution is 0.175. The first kappa shape index (κ1) is 14.6. The monoisotopic (exact) mass is 259 g/mol. The van der Waals surface area contributed by atoms with E-state index in [2.05, 4.69) is 38.1 Å². The maximum atomic E-state index is 6.00. The minimum absolute atomic E-state index is 0.744. The number of aryl methyl sites for hydroxylation is 1. The van der Waals surface area contributed by atoms with Gasteiger partial charge >= 0.3 is 0 Å². The highest BCUT2D eigenvalue weighted by Crippen LogP contribution is 2.37. The van der Waals surface area contributed by atoms with Gasteiger partial charge in [0, 0.05) is 0 Å². The van der Waals surface area contributed by atoms with E-state index in [0.717, 1.165) is 24.3 Å². The predicted octanol–water partition coefficient (Wildman–Crippen LogP) is 4.33.